The summed E-state index contributed by atoms with van der Waals surface area (Å²) in [5.41, 5.74) is 4.03. The maximum absolute atomic E-state index is 8.93. The Bertz CT molecular complexity index is 843. The van der Waals surface area contributed by atoms with Gasteiger partial charge in [0.25, 0.3) is 0 Å². The van der Waals surface area contributed by atoms with E-state index in [1.54, 1.807) is 0 Å². The standard InChI is InChI=1S/C19H18BrN3/c1-2-5-16(20)19-22-17-6-3-4-7-18(17)23(19)13-15-10-8-14(12-21)9-11-15/h3-4,6-11,16H,2,5,13H2,1H3. The largest absolute Gasteiger partial charge is 0.323 e. The van der Waals surface area contributed by atoms with Gasteiger partial charge in [-0.1, -0.05) is 53.5 Å². The van der Waals surface area contributed by atoms with Gasteiger partial charge in [-0.3, -0.25) is 0 Å². The van der Waals surface area contributed by atoms with Crippen molar-refractivity contribution >= 4 is 27.0 Å². The van der Waals surface area contributed by atoms with Crippen molar-refractivity contribution in [3.63, 3.8) is 0 Å². The number of hydrogen-bond donors (Lipinski definition) is 0. The molecule has 0 amide bonds. The smallest absolute Gasteiger partial charge is 0.124 e. The predicted octanol–water partition coefficient (Wildman–Crippen LogP) is 5.19. The van der Waals surface area contributed by atoms with Crippen molar-refractivity contribution < 1.29 is 0 Å². The van der Waals surface area contributed by atoms with Crippen LogP contribution in [0.25, 0.3) is 11.0 Å². The summed E-state index contributed by atoms with van der Waals surface area (Å²) in [7, 11) is 0. The molecule has 0 saturated carbocycles. The monoisotopic (exact) mass is 367 g/mol. The molecule has 0 radical (unpaired) electrons. The third-order valence-electron chi connectivity index (χ3n) is 3.93. The summed E-state index contributed by atoms with van der Waals surface area (Å²) in [5.74, 6) is 1.07. The molecule has 1 heterocycles. The summed E-state index contributed by atoms with van der Waals surface area (Å²) in [6.07, 6.45) is 2.16. The lowest BCUT2D eigenvalue weighted by atomic mass is 10.1. The zero-order valence-corrected chi connectivity index (χ0v) is 14.6. The molecule has 0 aliphatic heterocycles. The number of benzene rings is 2. The van der Waals surface area contributed by atoms with Gasteiger partial charge in [0.1, 0.15) is 5.82 Å². The average molecular weight is 368 g/mol. The van der Waals surface area contributed by atoms with Crippen molar-refractivity contribution in [3.05, 3.63) is 65.5 Å². The fourth-order valence-corrected chi connectivity index (χ4v) is 3.56. The van der Waals surface area contributed by atoms with Gasteiger partial charge in [-0.25, -0.2) is 4.98 Å². The molecule has 0 aliphatic rings. The Labute approximate surface area is 144 Å². The highest BCUT2D eigenvalue weighted by molar-refractivity contribution is 9.09. The van der Waals surface area contributed by atoms with E-state index < -0.39 is 0 Å². The summed E-state index contributed by atoms with van der Waals surface area (Å²) in [4.78, 5) is 5.07. The number of aromatic nitrogens is 2. The minimum absolute atomic E-state index is 0.248. The van der Waals surface area contributed by atoms with E-state index in [-0.39, 0.29) is 4.83 Å². The Hall–Kier alpha value is -2.12. The first-order valence-electron chi connectivity index (χ1n) is 7.81. The lowest BCUT2D eigenvalue weighted by molar-refractivity contribution is 0.685. The number of fused-ring (bicyclic) bond motifs is 1. The second kappa shape index (κ2) is 6.97. The fourth-order valence-electron chi connectivity index (χ4n) is 2.75. The van der Waals surface area contributed by atoms with Crippen LogP contribution >= 0.6 is 15.9 Å². The van der Waals surface area contributed by atoms with Gasteiger partial charge in [-0.2, -0.15) is 5.26 Å². The molecule has 3 nitrogen and oxygen atoms in total. The van der Waals surface area contributed by atoms with E-state index in [1.807, 2.05) is 36.4 Å². The number of halogens is 1. The maximum Gasteiger partial charge on any atom is 0.124 e. The van der Waals surface area contributed by atoms with Gasteiger partial charge in [0, 0.05) is 6.54 Å². The summed E-state index contributed by atoms with van der Waals surface area (Å²) < 4.78 is 2.27. The van der Waals surface area contributed by atoms with Crippen molar-refractivity contribution in [2.75, 3.05) is 0 Å². The minimum atomic E-state index is 0.248. The van der Waals surface area contributed by atoms with Crippen molar-refractivity contribution in [2.45, 2.75) is 31.1 Å². The van der Waals surface area contributed by atoms with Crippen molar-refractivity contribution in [1.82, 2.24) is 9.55 Å². The van der Waals surface area contributed by atoms with Crippen LogP contribution in [0.1, 0.15) is 41.5 Å². The van der Waals surface area contributed by atoms with E-state index in [2.05, 4.69) is 45.6 Å². The Morgan fingerprint density at radius 1 is 1.17 bits per heavy atom. The zero-order valence-electron chi connectivity index (χ0n) is 13.0. The second-order valence-corrected chi connectivity index (χ2v) is 6.72. The molecule has 0 bridgehead atoms. The molecular weight excluding hydrogens is 350 g/mol. The van der Waals surface area contributed by atoms with Crippen molar-refractivity contribution in [3.8, 4) is 6.07 Å². The quantitative estimate of drug-likeness (QED) is 0.582. The molecule has 1 atom stereocenters. The normalized spacial score (nSPS) is 12.2. The first-order valence-corrected chi connectivity index (χ1v) is 8.72. The molecule has 23 heavy (non-hydrogen) atoms. The number of hydrogen-bond acceptors (Lipinski definition) is 2. The Morgan fingerprint density at radius 3 is 2.61 bits per heavy atom. The summed E-state index contributed by atoms with van der Waals surface area (Å²) >= 11 is 3.78. The van der Waals surface area contributed by atoms with E-state index in [1.165, 1.54) is 5.56 Å². The molecule has 0 spiro atoms. The van der Waals surface area contributed by atoms with E-state index in [0.717, 1.165) is 36.2 Å². The molecule has 4 heteroatoms. The van der Waals surface area contributed by atoms with Gasteiger partial charge < -0.3 is 4.57 Å². The summed E-state index contributed by atoms with van der Waals surface area (Å²) in [6, 6.07) is 18.2. The minimum Gasteiger partial charge on any atom is -0.323 e. The average Bonchev–Trinajstić information content (AvgIpc) is 2.95. The van der Waals surface area contributed by atoms with E-state index >= 15 is 0 Å². The van der Waals surface area contributed by atoms with Crippen LogP contribution in [-0.2, 0) is 6.54 Å². The third kappa shape index (κ3) is 3.30. The second-order valence-electron chi connectivity index (χ2n) is 5.61. The lowest BCUT2D eigenvalue weighted by Gasteiger charge is -2.13. The summed E-state index contributed by atoms with van der Waals surface area (Å²) in [5, 5.41) is 8.93. The Balaban J connectivity index is 2.03. The van der Waals surface area contributed by atoms with Crippen LogP contribution in [0.3, 0.4) is 0 Å². The van der Waals surface area contributed by atoms with Gasteiger partial charge >= 0.3 is 0 Å². The molecule has 0 saturated heterocycles. The van der Waals surface area contributed by atoms with Crippen molar-refractivity contribution in [1.29, 1.82) is 5.26 Å². The lowest BCUT2D eigenvalue weighted by Crippen LogP contribution is -2.07. The molecule has 3 rings (SSSR count). The van der Waals surface area contributed by atoms with Gasteiger partial charge in [0.05, 0.1) is 27.5 Å². The zero-order chi connectivity index (χ0) is 16.2. The highest BCUT2D eigenvalue weighted by atomic mass is 79.9. The van der Waals surface area contributed by atoms with Crippen LogP contribution in [-0.4, -0.2) is 9.55 Å². The third-order valence-corrected chi connectivity index (χ3v) is 4.80. The van der Waals surface area contributed by atoms with Crippen molar-refractivity contribution in [2.24, 2.45) is 0 Å². The topological polar surface area (TPSA) is 41.6 Å². The number of rotatable bonds is 5. The molecule has 3 aromatic rings. The van der Waals surface area contributed by atoms with E-state index in [0.29, 0.717) is 5.56 Å². The molecule has 2 aromatic carbocycles. The first kappa shape index (κ1) is 15.8. The first-order chi connectivity index (χ1) is 11.2. The van der Waals surface area contributed by atoms with Crippen LogP contribution in [0.15, 0.2) is 48.5 Å². The number of nitriles is 1. The van der Waals surface area contributed by atoms with E-state index in [9.17, 15) is 0 Å². The number of para-hydroxylation sites is 2. The van der Waals surface area contributed by atoms with Crippen LogP contribution in [0.2, 0.25) is 0 Å². The van der Waals surface area contributed by atoms with Gasteiger partial charge in [-0.15, -0.1) is 0 Å². The fraction of sp³-hybridized carbons (Fsp3) is 0.263. The Morgan fingerprint density at radius 2 is 1.91 bits per heavy atom. The van der Waals surface area contributed by atoms with Crippen LogP contribution < -0.4 is 0 Å². The molecule has 1 aromatic heterocycles. The molecule has 1 unspecified atom stereocenters. The Kier molecular flexibility index (Phi) is 4.78. The van der Waals surface area contributed by atoms with Crippen LogP contribution in [0.5, 0.6) is 0 Å². The maximum atomic E-state index is 8.93. The molecular formula is C19H18BrN3. The highest BCUT2D eigenvalue weighted by Crippen LogP contribution is 2.30. The van der Waals surface area contributed by atoms with E-state index in [4.69, 9.17) is 10.2 Å². The SMILES string of the molecule is CCCC(Br)c1nc2ccccc2n1Cc1ccc(C#N)cc1. The number of imidazole rings is 1. The van der Waals surface area contributed by atoms with Gasteiger partial charge in [0.15, 0.2) is 0 Å². The van der Waals surface area contributed by atoms with Gasteiger partial charge in [-0.05, 0) is 36.2 Å². The van der Waals surface area contributed by atoms with Gasteiger partial charge in [0.2, 0.25) is 0 Å². The highest BCUT2D eigenvalue weighted by Gasteiger charge is 2.17. The molecule has 0 fully saturated rings. The van der Waals surface area contributed by atoms with Crippen LogP contribution in [0.4, 0.5) is 0 Å². The summed E-state index contributed by atoms with van der Waals surface area (Å²) in [6.45, 7) is 2.94. The number of alkyl halides is 1. The molecule has 116 valence electrons. The molecule has 0 aliphatic carbocycles. The molecule has 0 N–H and O–H groups in total. The predicted molar refractivity (Wildman–Crippen MR) is 96.6 cm³/mol. The van der Waals surface area contributed by atoms with Crippen LogP contribution in [0, 0.1) is 11.3 Å². The number of nitrogens with zero attached hydrogens (tertiary/aromatic N) is 3.